The lowest BCUT2D eigenvalue weighted by Gasteiger charge is -2.53. The van der Waals surface area contributed by atoms with Crippen molar-refractivity contribution in [2.45, 2.75) is 55.7 Å². The second kappa shape index (κ2) is 11.7. The molecule has 1 aromatic carbocycles. The normalized spacial score (nSPS) is 33.3. The van der Waals surface area contributed by atoms with Crippen molar-refractivity contribution in [1.82, 2.24) is 15.5 Å². The van der Waals surface area contributed by atoms with Gasteiger partial charge in [-0.25, -0.2) is 0 Å². The Balaban J connectivity index is 1.71. The highest BCUT2D eigenvalue weighted by molar-refractivity contribution is 6.25. The molecule has 0 aromatic heterocycles. The van der Waals surface area contributed by atoms with Gasteiger partial charge in [-0.15, -0.1) is 0 Å². The van der Waals surface area contributed by atoms with Crippen LogP contribution in [0.25, 0.3) is 5.76 Å². The molecule has 1 aromatic rings. The quantitative estimate of drug-likeness (QED) is 0.119. The number of hydrogen-bond acceptors (Lipinski definition) is 12. The highest BCUT2D eigenvalue weighted by atomic mass is 16.4. The molecule has 3 aliphatic rings. The number of fused-ring (bicyclic) bond motifs is 3. The molecule has 0 radical (unpaired) electrons. The van der Waals surface area contributed by atoms with Gasteiger partial charge in [0, 0.05) is 28.4 Å². The van der Waals surface area contributed by atoms with E-state index in [0.717, 1.165) is 0 Å². The summed E-state index contributed by atoms with van der Waals surface area (Å²) in [5.41, 5.74) is -1.86. The van der Waals surface area contributed by atoms with Crippen LogP contribution >= 0.6 is 0 Å². The maximum Gasteiger partial charge on any atom is 0.320 e. The Morgan fingerprint density at radius 1 is 1.19 bits per heavy atom. The van der Waals surface area contributed by atoms with Gasteiger partial charge in [0.2, 0.25) is 5.78 Å². The number of nitrogens with one attached hydrogen (secondary N) is 2. The fourth-order valence-electron chi connectivity index (χ4n) is 5.99. The van der Waals surface area contributed by atoms with Crippen LogP contribution in [0.5, 0.6) is 5.75 Å². The summed E-state index contributed by atoms with van der Waals surface area (Å²) in [6.07, 6.45) is -11.9. The summed E-state index contributed by atoms with van der Waals surface area (Å²) in [6.45, 7) is -3.43. The van der Waals surface area contributed by atoms with E-state index < -0.39 is 126 Å². The van der Waals surface area contributed by atoms with Gasteiger partial charge in [0.05, 0.1) is 23.9 Å². The molecule has 234 valence electrons. The number of carboxylic acid groups (broad SMARTS) is 1. The predicted molar refractivity (Wildman–Crippen MR) is 151 cm³/mol. The molecule has 1 amide bonds. The molecule has 0 unspecified atom stereocenters. The minimum absolute atomic E-state index is 0.0426. The Labute approximate surface area is 258 Å². The lowest BCUT2D eigenvalue weighted by atomic mass is 9.54. The maximum atomic E-state index is 14.2. The van der Waals surface area contributed by atoms with Gasteiger partial charge in [-0.1, -0.05) is 18.5 Å². The second-order valence-electron chi connectivity index (χ2n) is 10.8. The van der Waals surface area contributed by atoms with E-state index in [4.69, 9.17) is 21.8 Å². The standard InChI is InChI=1S/C29H38N4O10/c1-28(42)13-7-6-9-17(34)18(13)22(35)19-14(28)11-15-21(33(2)3)23(36)20(25(38)29(15,43)24(19)37)26(39)32-12-31-10-5-4-8-16(30)27(40)41/h6-7,9,14-16,21,31,34-35,38,42-43H,4-5,8,10-12,30H2,1-3H3,(H,32,39)(H,40,41)/t14-,15-,16-,21-,28+,29-/m0/s1/i4D2,5D2,8D2,10D2. The van der Waals surface area contributed by atoms with Crippen LogP contribution in [0.1, 0.15) is 54.6 Å². The fraction of sp³-hybridized carbons (Fsp3) is 0.517. The van der Waals surface area contributed by atoms with Crippen molar-refractivity contribution >= 4 is 29.2 Å². The number of carbonyl (C=O) groups excluding carboxylic acids is 3. The number of benzene rings is 1. The minimum atomic E-state index is -3.92. The van der Waals surface area contributed by atoms with Gasteiger partial charge in [-0.2, -0.15) is 0 Å². The number of Topliss-reactive ketones (excluding diaryl/α,β-unsaturated/α-hetero) is 2. The number of phenols is 1. The van der Waals surface area contributed by atoms with E-state index in [-0.39, 0.29) is 11.1 Å². The number of phenolic OH excluding ortho intramolecular Hbond substituents is 1. The average molecular weight is 611 g/mol. The predicted octanol–water partition coefficient (Wildman–Crippen LogP) is -0.611. The van der Waals surface area contributed by atoms with E-state index in [1.807, 2.05) is 5.32 Å². The van der Waals surface area contributed by atoms with Crippen LogP contribution < -0.4 is 16.4 Å². The monoisotopic (exact) mass is 610 g/mol. The average Bonchev–Trinajstić information content (AvgIpc) is 3.00. The molecular weight excluding hydrogens is 564 g/mol. The molecule has 4 rings (SSSR count). The number of hydrogen-bond donors (Lipinski definition) is 9. The smallest absolute Gasteiger partial charge is 0.320 e. The second-order valence-corrected chi connectivity index (χ2v) is 10.8. The van der Waals surface area contributed by atoms with Crippen molar-refractivity contribution in [3.63, 3.8) is 0 Å². The molecular formula is C29H38N4O10. The molecule has 3 aliphatic carbocycles. The first-order chi connectivity index (χ1) is 23.1. The number of ketones is 2. The molecule has 0 spiro atoms. The van der Waals surface area contributed by atoms with Gasteiger partial charge >= 0.3 is 5.97 Å². The number of aliphatic hydroxyl groups is 4. The first kappa shape index (κ1) is 22.7. The first-order valence-electron chi connectivity index (χ1n) is 17.0. The maximum absolute atomic E-state index is 14.2. The summed E-state index contributed by atoms with van der Waals surface area (Å²) in [6, 6.07) is -0.178. The van der Waals surface area contributed by atoms with Crippen LogP contribution in [-0.2, 0) is 24.8 Å². The van der Waals surface area contributed by atoms with Crippen molar-refractivity contribution in [3.05, 3.63) is 46.2 Å². The lowest BCUT2D eigenvalue weighted by Crippen LogP contribution is -2.67. The van der Waals surface area contributed by atoms with Crippen LogP contribution in [0.15, 0.2) is 35.1 Å². The van der Waals surface area contributed by atoms with Crippen molar-refractivity contribution in [3.8, 4) is 5.75 Å². The number of carboxylic acids is 1. The summed E-state index contributed by atoms with van der Waals surface area (Å²) >= 11 is 0. The lowest BCUT2D eigenvalue weighted by molar-refractivity contribution is -0.159. The fourth-order valence-corrected chi connectivity index (χ4v) is 5.99. The van der Waals surface area contributed by atoms with Gasteiger partial charge in [0.1, 0.15) is 28.9 Å². The van der Waals surface area contributed by atoms with E-state index in [9.17, 15) is 44.7 Å². The molecule has 14 heteroatoms. The number of aliphatic carboxylic acids is 1. The Morgan fingerprint density at radius 2 is 1.86 bits per heavy atom. The Hall–Kier alpha value is -3.82. The number of nitrogens with two attached hydrogens (primary N) is 1. The summed E-state index contributed by atoms with van der Waals surface area (Å²) in [5.74, 6) is -11.7. The van der Waals surface area contributed by atoms with E-state index in [1.54, 1.807) is 5.32 Å². The number of aliphatic hydroxyl groups excluding tert-OH is 2. The highest BCUT2D eigenvalue weighted by Crippen LogP contribution is 2.57. The third-order valence-electron chi connectivity index (χ3n) is 8.05. The minimum Gasteiger partial charge on any atom is -0.508 e. The molecule has 14 nitrogen and oxygen atoms in total. The van der Waals surface area contributed by atoms with Gasteiger partial charge in [-0.3, -0.25) is 29.4 Å². The van der Waals surface area contributed by atoms with Crippen molar-refractivity contribution in [2.24, 2.45) is 17.6 Å². The van der Waals surface area contributed by atoms with E-state index in [2.05, 4.69) is 0 Å². The number of amides is 1. The third kappa shape index (κ3) is 5.18. The molecule has 0 bridgehead atoms. The Bertz CT molecular complexity index is 1770. The third-order valence-corrected chi connectivity index (χ3v) is 8.05. The van der Waals surface area contributed by atoms with Crippen LogP contribution in [0.4, 0.5) is 0 Å². The van der Waals surface area contributed by atoms with Crippen molar-refractivity contribution in [1.29, 1.82) is 0 Å². The number of carbonyl (C=O) groups is 4. The van der Waals surface area contributed by atoms with Gasteiger partial charge in [0.25, 0.3) is 5.91 Å². The summed E-state index contributed by atoms with van der Waals surface area (Å²) in [7, 11) is 2.73. The zero-order valence-electron chi connectivity index (χ0n) is 31.3. The largest absolute Gasteiger partial charge is 0.508 e. The number of likely N-dealkylation sites (N-methyl/N-ethyl adjacent to an activating group) is 1. The van der Waals surface area contributed by atoms with E-state index >= 15 is 0 Å². The Morgan fingerprint density at radius 3 is 2.49 bits per heavy atom. The molecule has 43 heavy (non-hydrogen) atoms. The number of rotatable bonds is 10. The summed E-state index contributed by atoms with van der Waals surface area (Å²) < 4.78 is 64.0. The SMILES string of the molecule is [2H]C([2H])(NCNC(=O)C1=C(O)[C@@]2(O)C(=O)C3=C(O)c4c(O)cccc4[C@@](C)(O)[C@H]3C[C@H]2[C@H](N(C)C)C1=O)C([2H])([2H])C([2H])([2H])C([2H])([2H])[C@H](N)C(=O)O. The zero-order chi connectivity index (χ0) is 39.2. The number of nitrogens with zero attached hydrogens (tertiary/aromatic N) is 1. The van der Waals surface area contributed by atoms with Crippen LogP contribution in [0.2, 0.25) is 0 Å². The van der Waals surface area contributed by atoms with Crippen molar-refractivity contribution < 1.29 is 60.8 Å². The summed E-state index contributed by atoms with van der Waals surface area (Å²) in [5, 5.41) is 69.5. The molecule has 1 saturated carbocycles. The van der Waals surface area contributed by atoms with Crippen LogP contribution in [0, 0.1) is 11.8 Å². The molecule has 0 aliphatic heterocycles. The molecule has 0 saturated heterocycles. The molecule has 6 atom stereocenters. The molecule has 10 N–H and O–H groups in total. The van der Waals surface area contributed by atoms with Gasteiger partial charge in [0.15, 0.2) is 11.4 Å². The van der Waals surface area contributed by atoms with Gasteiger partial charge in [-0.05, 0) is 58.3 Å². The van der Waals surface area contributed by atoms with E-state index in [0.29, 0.717) is 0 Å². The zero-order valence-corrected chi connectivity index (χ0v) is 23.3. The molecule has 0 heterocycles. The first-order valence-corrected chi connectivity index (χ1v) is 13.0. The van der Waals surface area contributed by atoms with E-state index in [1.165, 1.54) is 44.1 Å². The molecule has 1 fully saturated rings. The topological polar surface area (TPSA) is 243 Å². The van der Waals surface area contributed by atoms with Crippen LogP contribution in [-0.4, -0.2) is 104 Å². The Kier molecular flexibility index (Phi) is 6.17. The summed E-state index contributed by atoms with van der Waals surface area (Å²) in [4.78, 5) is 53.9. The highest BCUT2D eigenvalue weighted by Gasteiger charge is 2.66. The number of aromatic hydroxyl groups is 1. The van der Waals surface area contributed by atoms with Crippen LogP contribution in [0.3, 0.4) is 0 Å². The van der Waals surface area contributed by atoms with Crippen molar-refractivity contribution in [2.75, 3.05) is 27.3 Å². The van der Waals surface area contributed by atoms with Gasteiger partial charge < -0.3 is 41.7 Å².